The molecule has 8 heteroatoms. The summed E-state index contributed by atoms with van der Waals surface area (Å²) in [7, 11) is 0. The van der Waals surface area contributed by atoms with E-state index in [9.17, 15) is 14.4 Å². The second-order valence-electron chi connectivity index (χ2n) is 5.54. The van der Waals surface area contributed by atoms with Gasteiger partial charge in [0.2, 0.25) is 0 Å². The number of hydrogen-bond acceptors (Lipinski definition) is 8. The maximum Gasteiger partial charge on any atom is 0.513 e. The highest BCUT2D eigenvalue weighted by Crippen LogP contribution is 2.32. The van der Waals surface area contributed by atoms with Crippen molar-refractivity contribution in [1.82, 2.24) is 0 Å². The summed E-state index contributed by atoms with van der Waals surface area (Å²) in [5.74, 6) is -0.491. The predicted octanol–water partition coefficient (Wildman–Crippen LogP) is 4.63. The largest absolute Gasteiger partial charge is 0.513 e. The summed E-state index contributed by atoms with van der Waals surface area (Å²) >= 11 is 0. The van der Waals surface area contributed by atoms with Gasteiger partial charge in [0.05, 0.1) is 13.2 Å². The van der Waals surface area contributed by atoms with Crippen LogP contribution >= 0.6 is 0 Å². The molecule has 0 saturated heterocycles. The van der Waals surface area contributed by atoms with Crippen molar-refractivity contribution >= 4 is 18.3 Å². The third-order valence-corrected chi connectivity index (χ3v) is 3.26. The van der Waals surface area contributed by atoms with Gasteiger partial charge < -0.3 is 23.7 Å². The molecular weight excluding hydrogens is 356 g/mol. The minimum absolute atomic E-state index is 0.0553. The van der Waals surface area contributed by atoms with Gasteiger partial charge >= 0.3 is 18.3 Å². The fraction of sp³-hybridized carbons (Fsp3) is 0.526. The molecule has 0 unspecified atom stereocenters. The van der Waals surface area contributed by atoms with Gasteiger partial charge in [-0.05, 0) is 25.0 Å². The van der Waals surface area contributed by atoms with E-state index in [0.717, 1.165) is 12.8 Å². The molecule has 0 aliphatic carbocycles. The molecule has 0 atom stereocenters. The van der Waals surface area contributed by atoms with Crippen molar-refractivity contribution in [2.75, 3.05) is 13.2 Å². The van der Waals surface area contributed by atoms with Gasteiger partial charge in [0.15, 0.2) is 11.5 Å². The minimum atomic E-state index is -0.952. The lowest BCUT2D eigenvalue weighted by Gasteiger charge is -2.12. The lowest BCUT2D eigenvalue weighted by Crippen LogP contribution is -2.15. The molecule has 0 amide bonds. The van der Waals surface area contributed by atoms with Crippen molar-refractivity contribution in [3.8, 4) is 17.2 Å². The Labute approximate surface area is 158 Å². The topological polar surface area (TPSA) is 97.4 Å². The lowest BCUT2D eigenvalue weighted by atomic mass is 10.3. The van der Waals surface area contributed by atoms with Crippen molar-refractivity contribution in [2.45, 2.75) is 52.9 Å². The van der Waals surface area contributed by atoms with Crippen LogP contribution in [0.25, 0.3) is 0 Å². The van der Waals surface area contributed by atoms with E-state index in [-0.39, 0.29) is 36.9 Å². The van der Waals surface area contributed by atoms with Gasteiger partial charge in [-0.25, -0.2) is 9.59 Å². The van der Waals surface area contributed by atoms with Crippen LogP contribution in [0, 0.1) is 0 Å². The highest BCUT2D eigenvalue weighted by atomic mass is 16.7. The number of carbonyl (C=O) groups excluding carboxylic acids is 3. The number of benzene rings is 1. The maximum absolute atomic E-state index is 11.8. The second kappa shape index (κ2) is 12.6. The number of rotatable bonds is 10. The minimum Gasteiger partial charge on any atom is -0.434 e. The van der Waals surface area contributed by atoms with Crippen LogP contribution in [0.1, 0.15) is 52.9 Å². The summed E-state index contributed by atoms with van der Waals surface area (Å²) in [6.45, 7) is 5.98. The summed E-state index contributed by atoms with van der Waals surface area (Å²) in [6.07, 6.45) is 1.41. The zero-order chi connectivity index (χ0) is 20.1. The van der Waals surface area contributed by atoms with Gasteiger partial charge in [-0.15, -0.1) is 0 Å². The van der Waals surface area contributed by atoms with Crippen LogP contribution in [0.2, 0.25) is 0 Å². The quantitative estimate of drug-likeness (QED) is 0.250. The van der Waals surface area contributed by atoms with Crippen LogP contribution in [0.4, 0.5) is 9.59 Å². The molecule has 0 bridgehead atoms. The molecule has 0 aliphatic heterocycles. The molecular formula is C19H26O8. The Kier molecular flexibility index (Phi) is 10.4. The van der Waals surface area contributed by atoms with Gasteiger partial charge in [-0.2, -0.15) is 0 Å². The Morgan fingerprint density at radius 2 is 1.33 bits per heavy atom. The zero-order valence-corrected chi connectivity index (χ0v) is 15.9. The molecule has 1 aromatic rings. The molecule has 0 heterocycles. The fourth-order valence-electron chi connectivity index (χ4n) is 1.76. The molecule has 150 valence electrons. The number of unbranched alkanes of at least 4 members (excludes halogenated alkanes) is 2. The van der Waals surface area contributed by atoms with E-state index >= 15 is 0 Å². The smallest absolute Gasteiger partial charge is 0.434 e. The summed E-state index contributed by atoms with van der Waals surface area (Å²) in [5.41, 5.74) is 0. The maximum atomic E-state index is 11.8. The van der Waals surface area contributed by atoms with E-state index in [1.54, 1.807) is 6.92 Å². The number of hydrogen-bond donors (Lipinski definition) is 0. The van der Waals surface area contributed by atoms with Crippen LogP contribution in [0.3, 0.4) is 0 Å². The molecule has 1 rings (SSSR count). The second-order valence-corrected chi connectivity index (χ2v) is 5.54. The fourth-order valence-corrected chi connectivity index (χ4v) is 1.76. The third-order valence-electron chi connectivity index (χ3n) is 3.26. The van der Waals surface area contributed by atoms with Crippen molar-refractivity contribution < 1.29 is 38.1 Å². The predicted molar refractivity (Wildman–Crippen MR) is 96.1 cm³/mol. The van der Waals surface area contributed by atoms with Gasteiger partial charge in [0.25, 0.3) is 0 Å². The number of ether oxygens (including phenoxy) is 5. The summed E-state index contributed by atoms with van der Waals surface area (Å²) in [4.78, 5) is 35.0. The zero-order valence-electron chi connectivity index (χ0n) is 15.9. The first-order valence-corrected chi connectivity index (χ1v) is 9.04. The molecule has 0 aliphatic rings. The number of esters is 1. The molecule has 0 aromatic heterocycles. The third kappa shape index (κ3) is 8.94. The standard InChI is InChI=1S/C19H26O8/c1-4-7-11-23-18(21)26-15-10-9-14(25-17(20)6-3)13-16(15)27-19(22)24-12-8-5-2/h9-10,13H,4-8,11-12H2,1-3H3. The highest BCUT2D eigenvalue weighted by molar-refractivity contribution is 5.73. The van der Waals surface area contributed by atoms with Gasteiger partial charge in [0.1, 0.15) is 5.75 Å². The summed E-state index contributed by atoms with van der Waals surface area (Å²) in [5, 5.41) is 0. The van der Waals surface area contributed by atoms with Gasteiger partial charge in [0, 0.05) is 12.5 Å². The molecule has 1 aromatic carbocycles. The highest BCUT2D eigenvalue weighted by Gasteiger charge is 2.17. The van der Waals surface area contributed by atoms with E-state index in [1.165, 1.54) is 18.2 Å². The van der Waals surface area contributed by atoms with Crippen molar-refractivity contribution in [2.24, 2.45) is 0 Å². The lowest BCUT2D eigenvalue weighted by molar-refractivity contribution is -0.134. The summed E-state index contributed by atoms with van der Waals surface area (Å²) in [6, 6.07) is 4.02. The van der Waals surface area contributed by atoms with Crippen molar-refractivity contribution in [3.05, 3.63) is 18.2 Å². The molecule has 27 heavy (non-hydrogen) atoms. The first-order valence-electron chi connectivity index (χ1n) is 9.04. The van der Waals surface area contributed by atoms with E-state index in [2.05, 4.69) is 0 Å². The molecule has 0 N–H and O–H groups in total. The average molecular weight is 382 g/mol. The Hall–Kier alpha value is -2.77. The monoisotopic (exact) mass is 382 g/mol. The summed E-state index contributed by atoms with van der Waals surface area (Å²) < 4.78 is 25.1. The van der Waals surface area contributed by atoms with E-state index in [4.69, 9.17) is 23.7 Å². The normalized spacial score (nSPS) is 10.0. The van der Waals surface area contributed by atoms with Crippen LogP contribution < -0.4 is 14.2 Å². The Morgan fingerprint density at radius 3 is 1.85 bits per heavy atom. The van der Waals surface area contributed by atoms with Gasteiger partial charge in [-0.1, -0.05) is 33.6 Å². The van der Waals surface area contributed by atoms with Crippen LogP contribution in [0.5, 0.6) is 17.2 Å². The van der Waals surface area contributed by atoms with Crippen LogP contribution in [-0.4, -0.2) is 31.5 Å². The molecule has 0 fully saturated rings. The molecule has 0 spiro atoms. The van der Waals surface area contributed by atoms with Crippen molar-refractivity contribution in [3.63, 3.8) is 0 Å². The molecule has 0 saturated carbocycles. The van der Waals surface area contributed by atoms with Crippen LogP contribution in [0.15, 0.2) is 18.2 Å². The first kappa shape index (κ1) is 22.3. The Morgan fingerprint density at radius 1 is 0.778 bits per heavy atom. The van der Waals surface area contributed by atoms with E-state index in [1.807, 2.05) is 13.8 Å². The first-order chi connectivity index (χ1) is 13.0. The molecule has 0 radical (unpaired) electrons. The Balaban J connectivity index is 2.87. The van der Waals surface area contributed by atoms with Crippen LogP contribution in [-0.2, 0) is 14.3 Å². The van der Waals surface area contributed by atoms with Crippen molar-refractivity contribution in [1.29, 1.82) is 0 Å². The van der Waals surface area contributed by atoms with E-state index in [0.29, 0.717) is 12.8 Å². The number of carbonyl (C=O) groups is 3. The molecule has 8 nitrogen and oxygen atoms in total. The SMILES string of the molecule is CCCCOC(=O)Oc1ccc(OC(=O)CC)cc1OC(=O)OCCCC. The average Bonchev–Trinajstić information content (AvgIpc) is 2.64. The van der Waals surface area contributed by atoms with Gasteiger partial charge in [-0.3, -0.25) is 4.79 Å². The van der Waals surface area contributed by atoms with E-state index < -0.39 is 18.3 Å². The Bertz CT molecular complexity index is 626.